The molecule has 3 aromatic carbocycles. The van der Waals surface area contributed by atoms with Crippen LogP contribution in [0.3, 0.4) is 0 Å². The van der Waals surface area contributed by atoms with Crippen LogP contribution in [0.1, 0.15) is 17.5 Å². The molecule has 0 spiro atoms. The van der Waals surface area contributed by atoms with Gasteiger partial charge in [0.05, 0.1) is 29.8 Å². The third-order valence-corrected chi connectivity index (χ3v) is 5.34. The van der Waals surface area contributed by atoms with Crippen molar-refractivity contribution in [2.75, 3.05) is 5.32 Å². The number of nitrogens with one attached hydrogen (secondary N) is 1. The summed E-state index contributed by atoms with van der Waals surface area (Å²) in [4.78, 5) is 21.5. The predicted octanol–water partition coefficient (Wildman–Crippen LogP) is 5.45. The number of rotatable bonds is 3. The van der Waals surface area contributed by atoms with Gasteiger partial charge in [0.1, 0.15) is 5.82 Å². The van der Waals surface area contributed by atoms with Crippen LogP contribution in [0.4, 0.5) is 15.8 Å². The number of imidazole rings is 1. The van der Waals surface area contributed by atoms with E-state index < -0.39 is 0 Å². The lowest BCUT2D eigenvalue weighted by atomic mass is 9.99. The minimum Gasteiger partial charge on any atom is -0.324 e. The van der Waals surface area contributed by atoms with E-state index in [1.807, 2.05) is 60.2 Å². The first-order valence-corrected chi connectivity index (χ1v) is 9.93. The highest BCUT2D eigenvalue weighted by Crippen LogP contribution is 2.35. The van der Waals surface area contributed by atoms with Crippen molar-refractivity contribution < 1.29 is 9.18 Å². The zero-order valence-electron chi connectivity index (χ0n) is 16.8. The van der Waals surface area contributed by atoms with Crippen molar-refractivity contribution in [1.82, 2.24) is 9.55 Å². The number of hydrogen-bond acceptors (Lipinski definition) is 3. The summed E-state index contributed by atoms with van der Waals surface area (Å²) >= 11 is 0. The average molecular weight is 410 g/mol. The number of aromatic nitrogens is 2. The fourth-order valence-electron chi connectivity index (χ4n) is 3.81. The van der Waals surface area contributed by atoms with E-state index in [2.05, 4.69) is 10.3 Å². The summed E-state index contributed by atoms with van der Waals surface area (Å²) in [5.41, 5.74) is 6.52. The van der Waals surface area contributed by atoms with Gasteiger partial charge >= 0.3 is 0 Å². The minimum atomic E-state index is -0.267. The molecule has 0 unspecified atom stereocenters. The maximum Gasteiger partial charge on any atom is 0.230 e. The van der Waals surface area contributed by atoms with Gasteiger partial charge in [0.2, 0.25) is 5.91 Å². The van der Waals surface area contributed by atoms with Gasteiger partial charge in [-0.15, -0.1) is 0 Å². The van der Waals surface area contributed by atoms with Crippen LogP contribution in [-0.2, 0) is 4.79 Å². The van der Waals surface area contributed by atoms with Crippen molar-refractivity contribution in [2.24, 2.45) is 4.99 Å². The Morgan fingerprint density at radius 1 is 1.03 bits per heavy atom. The number of amides is 1. The molecule has 0 saturated carbocycles. The highest BCUT2D eigenvalue weighted by atomic mass is 19.1. The summed E-state index contributed by atoms with van der Waals surface area (Å²) in [6.45, 7) is 1.87. The SMILES string of the molecule is Cc1cc(F)ccc1-c1ccc2c(c1)NC(=O)CC(c1cccc(-n3ccnc3)c1)=N2. The zero-order chi connectivity index (χ0) is 21.4. The number of hydrogen-bond donors (Lipinski definition) is 1. The number of fused-ring (bicyclic) bond motifs is 1. The van der Waals surface area contributed by atoms with Crippen LogP contribution >= 0.6 is 0 Å². The molecule has 1 aromatic heterocycles. The molecule has 6 heteroatoms. The van der Waals surface area contributed by atoms with Gasteiger partial charge in [0.25, 0.3) is 0 Å². The monoisotopic (exact) mass is 410 g/mol. The Labute approximate surface area is 178 Å². The fourth-order valence-corrected chi connectivity index (χ4v) is 3.81. The van der Waals surface area contributed by atoms with E-state index in [0.29, 0.717) is 17.1 Å². The average Bonchev–Trinajstić information content (AvgIpc) is 3.24. The first kappa shape index (κ1) is 18.9. The van der Waals surface area contributed by atoms with E-state index in [-0.39, 0.29) is 18.1 Å². The summed E-state index contributed by atoms with van der Waals surface area (Å²) in [7, 11) is 0. The molecule has 4 aromatic rings. The molecule has 1 aliphatic heterocycles. The van der Waals surface area contributed by atoms with Gasteiger partial charge in [-0.05, 0) is 65.6 Å². The lowest BCUT2D eigenvalue weighted by molar-refractivity contribution is -0.115. The Morgan fingerprint density at radius 2 is 1.94 bits per heavy atom. The van der Waals surface area contributed by atoms with Gasteiger partial charge in [-0.1, -0.05) is 24.3 Å². The Hall–Kier alpha value is -4.06. The fraction of sp³-hybridized carbons (Fsp3) is 0.0800. The first-order chi connectivity index (χ1) is 15.1. The van der Waals surface area contributed by atoms with Crippen molar-refractivity contribution in [2.45, 2.75) is 13.3 Å². The molecule has 0 saturated heterocycles. The molecule has 5 nitrogen and oxygen atoms in total. The molecule has 0 atom stereocenters. The Morgan fingerprint density at radius 3 is 2.74 bits per heavy atom. The summed E-state index contributed by atoms with van der Waals surface area (Å²) in [6, 6.07) is 18.3. The smallest absolute Gasteiger partial charge is 0.230 e. The summed E-state index contributed by atoms with van der Waals surface area (Å²) in [5, 5.41) is 2.96. The van der Waals surface area contributed by atoms with Crippen molar-refractivity contribution >= 4 is 23.0 Å². The minimum absolute atomic E-state index is 0.126. The molecular formula is C25H19FN4O. The number of aliphatic imine (C=N–C) groups is 1. The van der Waals surface area contributed by atoms with Crippen molar-refractivity contribution in [1.29, 1.82) is 0 Å². The van der Waals surface area contributed by atoms with E-state index in [9.17, 15) is 9.18 Å². The second kappa shape index (κ2) is 7.65. The normalized spacial score (nSPS) is 13.2. The third kappa shape index (κ3) is 3.75. The topological polar surface area (TPSA) is 59.3 Å². The number of carbonyl (C=O) groups excluding carboxylic acids is 1. The van der Waals surface area contributed by atoms with Gasteiger partial charge in [-0.2, -0.15) is 0 Å². The summed E-state index contributed by atoms with van der Waals surface area (Å²) in [6.07, 6.45) is 5.50. The van der Waals surface area contributed by atoms with Crippen LogP contribution in [0.15, 0.2) is 84.4 Å². The second-order valence-corrected chi connectivity index (χ2v) is 7.49. The summed E-state index contributed by atoms with van der Waals surface area (Å²) in [5.74, 6) is -0.394. The molecule has 0 fully saturated rings. The summed E-state index contributed by atoms with van der Waals surface area (Å²) < 4.78 is 15.4. The molecule has 5 rings (SSSR count). The van der Waals surface area contributed by atoms with Crippen LogP contribution in [-0.4, -0.2) is 21.2 Å². The van der Waals surface area contributed by atoms with Crippen LogP contribution in [0, 0.1) is 12.7 Å². The second-order valence-electron chi connectivity index (χ2n) is 7.49. The quantitative estimate of drug-likeness (QED) is 0.488. The standard InChI is InChI=1S/C25H19FN4O/c1-16-11-19(26)6-7-21(16)17-5-8-22-24(13-17)29-25(31)14-23(28-22)18-3-2-4-20(12-18)30-10-9-27-15-30/h2-13,15H,14H2,1H3,(H,29,31). The molecule has 0 radical (unpaired) electrons. The lowest BCUT2D eigenvalue weighted by Gasteiger charge is -2.10. The highest BCUT2D eigenvalue weighted by molar-refractivity contribution is 6.17. The number of halogens is 1. The van der Waals surface area contributed by atoms with E-state index in [1.54, 1.807) is 18.6 Å². The molecule has 1 aliphatic rings. The number of benzene rings is 3. The maximum atomic E-state index is 13.5. The molecule has 0 aliphatic carbocycles. The number of carbonyl (C=O) groups is 1. The highest BCUT2D eigenvalue weighted by Gasteiger charge is 2.18. The Kier molecular flexibility index (Phi) is 4.67. The van der Waals surface area contributed by atoms with Crippen LogP contribution in [0.5, 0.6) is 0 Å². The molecule has 1 N–H and O–H groups in total. The van der Waals surface area contributed by atoms with Crippen molar-refractivity contribution in [3.05, 3.63) is 96.3 Å². The van der Waals surface area contributed by atoms with Crippen LogP contribution in [0.2, 0.25) is 0 Å². The van der Waals surface area contributed by atoms with Gasteiger partial charge in [-0.3, -0.25) is 9.79 Å². The third-order valence-electron chi connectivity index (χ3n) is 5.34. The van der Waals surface area contributed by atoms with Gasteiger partial charge in [0, 0.05) is 18.1 Å². The first-order valence-electron chi connectivity index (χ1n) is 9.93. The molecule has 2 heterocycles. The van der Waals surface area contributed by atoms with Crippen LogP contribution < -0.4 is 5.32 Å². The Balaban J connectivity index is 1.55. The lowest BCUT2D eigenvalue weighted by Crippen LogP contribution is -2.15. The molecule has 152 valence electrons. The van der Waals surface area contributed by atoms with Crippen molar-refractivity contribution in [3.8, 4) is 16.8 Å². The van der Waals surface area contributed by atoms with Crippen LogP contribution in [0.25, 0.3) is 16.8 Å². The molecular weight excluding hydrogens is 391 g/mol. The van der Waals surface area contributed by atoms with Gasteiger partial charge in [-0.25, -0.2) is 9.37 Å². The maximum absolute atomic E-state index is 13.5. The predicted molar refractivity (Wildman–Crippen MR) is 120 cm³/mol. The van der Waals surface area contributed by atoms with Gasteiger partial charge < -0.3 is 9.88 Å². The van der Waals surface area contributed by atoms with E-state index in [4.69, 9.17) is 4.99 Å². The van der Waals surface area contributed by atoms with E-state index >= 15 is 0 Å². The number of anilines is 1. The molecule has 31 heavy (non-hydrogen) atoms. The number of nitrogens with zero attached hydrogens (tertiary/aromatic N) is 3. The van der Waals surface area contributed by atoms with Crippen molar-refractivity contribution in [3.63, 3.8) is 0 Å². The number of aryl methyl sites for hydroxylation is 1. The Bertz CT molecular complexity index is 1330. The van der Waals surface area contributed by atoms with E-state index in [0.717, 1.165) is 27.9 Å². The molecule has 0 bridgehead atoms. The largest absolute Gasteiger partial charge is 0.324 e. The van der Waals surface area contributed by atoms with E-state index in [1.165, 1.54) is 12.1 Å². The zero-order valence-corrected chi connectivity index (χ0v) is 16.8. The molecule has 1 amide bonds. The van der Waals surface area contributed by atoms with Gasteiger partial charge in [0.15, 0.2) is 0 Å².